The van der Waals surface area contributed by atoms with Crippen LogP contribution in [0.15, 0.2) is 58.3 Å². The molecule has 1 heterocycles. The number of para-hydroxylation sites is 1. The SMILES string of the molecule is O=C1Nc2ccccc2S/C1=C/c1ccc(C(=O)NC2CCCCCCC2)cc1. The highest BCUT2D eigenvalue weighted by Crippen LogP contribution is 2.38. The maximum Gasteiger partial charge on any atom is 0.262 e. The lowest BCUT2D eigenvalue weighted by Gasteiger charge is -2.21. The maximum absolute atomic E-state index is 12.6. The number of carbonyl (C=O) groups is 2. The minimum absolute atomic E-state index is 0.00603. The molecule has 2 aliphatic rings. The molecule has 2 aromatic rings. The molecule has 5 heteroatoms. The predicted octanol–water partition coefficient (Wildman–Crippen LogP) is 5.61. The Labute approximate surface area is 176 Å². The molecule has 0 aromatic heterocycles. The van der Waals surface area contributed by atoms with Crippen molar-refractivity contribution >= 4 is 35.3 Å². The van der Waals surface area contributed by atoms with Gasteiger partial charge in [-0.2, -0.15) is 0 Å². The van der Waals surface area contributed by atoms with Crippen LogP contribution in [0.5, 0.6) is 0 Å². The minimum Gasteiger partial charge on any atom is -0.349 e. The van der Waals surface area contributed by atoms with Gasteiger partial charge in [-0.15, -0.1) is 0 Å². The first-order valence-corrected chi connectivity index (χ1v) is 11.2. The third-order valence-electron chi connectivity index (χ3n) is 5.49. The number of fused-ring (bicyclic) bond motifs is 1. The Morgan fingerprint density at radius 2 is 1.66 bits per heavy atom. The van der Waals surface area contributed by atoms with E-state index in [0.717, 1.165) is 29.0 Å². The monoisotopic (exact) mass is 406 g/mol. The number of anilines is 1. The summed E-state index contributed by atoms with van der Waals surface area (Å²) in [5.74, 6) is -0.103. The molecule has 0 spiro atoms. The van der Waals surface area contributed by atoms with Crippen LogP contribution < -0.4 is 10.6 Å². The van der Waals surface area contributed by atoms with Crippen molar-refractivity contribution in [1.29, 1.82) is 0 Å². The number of hydrogen-bond donors (Lipinski definition) is 2. The van der Waals surface area contributed by atoms with E-state index in [1.54, 1.807) is 0 Å². The van der Waals surface area contributed by atoms with E-state index in [4.69, 9.17) is 0 Å². The number of thioether (sulfide) groups is 1. The highest BCUT2D eigenvalue weighted by atomic mass is 32.2. The third kappa shape index (κ3) is 5.10. The molecular weight excluding hydrogens is 380 g/mol. The van der Waals surface area contributed by atoms with Crippen LogP contribution in [0, 0.1) is 0 Å². The maximum atomic E-state index is 12.6. The number of amides is 2. The van der Waals surface area contributed by atoms with Crippen molar-refractivity contribution in [3.63, 3.8) is 0 Å². The Balaban J connectivity index is 1.42. The second kappa shape index (κ2) is 9.31. The van der Waals surface area contributed by atoms with Crippen LogP contribution in [-0.4, -0.2) is 17.9 Å². The first-order chi connectivity index (χ1) is 14.2. The molecule has 0 saturated heterocycles. The molecule has 2 aromatic carbocycles. The number of nitrogens with one attached hydrogen (secondary N) is 2. The number of hydrogen-bond acceptors (Lipinski definition) is 3. The van der Waals surface area contributed by atoms with E-state index in [1.807, 2.05) is 54.6 Å². The Hall–Kier alpha value is -2.53. The average molecular weight is 407 g/mol. The summed E-state index contributed by atoms with van der Waals surface area (Å²) < 4.78 is 0. The molecule has 4 rings (SSSR count). The summed E-state index contributed by atoms with van der Waals surface area (Å²) in [6, 6.07) is 15.5. The van der Waals surface area contributed by atoms with Crippen molar-refractivity contribution in [2.24, 2.45) is 0 Å². The second-order valence-corrected chi connectivity index (χ2v) is 8.78. The molecule has 29 heavy (non-hydrogen) atoms. The van der Waals surface area contributed by atoms with Gasteiger partial charge in [-0.3, -0.25) is 9.59 Å². The van der Waals surface area contributed by atoms with Gasteiger partial charge in [0.05, 0.1) is 10.6 Å². The number of benzene rings is 2. The van der Waals surface area contributed by atoms with Crippen molar-refractivity contribution in [2.75, 3.05) is 5.32 Å². The van der Waals surface area contributed by atoms with Crippen molar-refractivity contribution < 1.29 is 9.59 Å². The molecule has 0 unspecified atom stereocenters. The van der Waals surface area contributed by atoms with Crippen molar-refractivity contribution in [3.05, 3.63) is 64.6 Å². The fourth-order valence-corrected chi connectivity index (χ4v) is 4.81. The highest BCUT2D eigenvalue weighted by molar-refractivity contribution is 8.04. The van der Waals surface area contributed by atoms with Gasteiger partial charge < -0.3 is 10.6 Å². The van der Waals surface area contributed by atoms with E-state index in [1.165, 1.54) is 43.9 Å². The van der Waals surface area contributed by atoms with Gasteiger partial charge in [-0.1, -0.05) is 68.1 Å². The highest BCUT2D eigenvalue weighted by Gasteiger charge is 2.20. The van der Waals surface area contributed by atoms with Gasteiger partial charge in [0.2, 0.25) is 0 Å². The van der Waals surface area contributed by atoms with E-state index < -0.39 is 0 Å². The third-order valence-corrected chi connectivity index (χ3v) is 6.59. The van der Waals surface area contributed by atoms with E-state index in [-0.39, 0.29) is 17.9 Å². The summed E-state index contributed by atoms with van der Waals surface area (Å²) in [7, 11) is 0. The molecule has 0 bridgehead atoms. The van der Waals surface area contributed by atoms with Crippen LogP contribution in [0.2, 0.25) is 0 Å². The van der Waals surface area contributed by atoms with Gasteiger partial charge in [0.1, 0.15) is 0 Å². The molecular formula is C24H26N2O2S. The minimum atomic E-state index is -0.0974. The molecule has 150 valence electrons. The lowest BCUT2D eigenvalue weighted by molar-refractivity contribution is -0.112. The van der Waals surface area contributed by atoms with Gasteiger partial charge >= 0.3 is 0 Å². The average Bonchev–Trinajstić information content (AvgIpc) is 2.71. The lowest BCUT2D eigenvalue weighted by Crippen LogP contribution is -2.35. The van der Waals surface area contributed by atoms with Crippen LogP contribution in [0.3, 0.4) is 0 Å². The largest absolute Gasteiger partial charge is 0.349 e. The van der Waals surface area contributed by atoms with Crippen molar-refractivity contribution in [1.82, 2.24) is 5.32 Å². The van der Waals surface area contributed by atoms with E-state index in [0.29, 0.717) is 10.5 Å². The predicted molar refractivity (Wildman–Crippen MR) is 119 cm³/mol. The lowest BCUT2D eigenvalue weighted by atomic mass is 9.96. The topological polar surface area (TPSA) is 58.2 Å². The molecule has 1 saturated carbocycles. The van der Waals surface area contributed by atoms with Crippen LogP contribution >= 0.6 is 11.8 Å². The van der Waals surface area contributed by atoms with E-state index in [9.17, 15) is 9.59 Å². The van der Waals surface area contributed by atoms with Gasteiger partial charge in [-0.25, -0.2) is 0 Å². The Morgan fingerprint density at radius 1 is 0.966 bits per heavy atom. The Kier molecular flexibility index (Phi) is 6.35. The van der Waals surface area contributed by atoms with Crippen molar-refractivity contribution in [3.8, 4) is 0 Å². The smallest absolute Gasteiger partial charge is 0.262 e. The summed E-state index contributed by atoms with van der Waals surface area (Å²) in [6.07, 6.45) is 10.3. The fraction of sp³-hybridized carbons (Fsp3) is 0.333. The summed E-state index contributed by atoms with van der Waals surface area (Å²) in [4.78, 5) is 26.6. The standard InChI is InChI=1S/C24H26N2O2S/c27-23(25-19-8-4-2-1-3-5-9-19)18-14-12-17(13-15-18)16-22-24(28)26-20-10-6-7-11-21(20)29-22/h6-7,10-16,19H,1-5,8-9H2,(H,25,27)(H,26,28)/b22-16+. The molecule has 1 fully saturated rings. The summed E-state index contributed by atoms with van der Waals surface area (Å²) >= 11 is 1.47. The van der Waals surface area contributed by atoms with Gasteiger partial charge in [0, 0.05) is 16.5 Å². The first kappa shape index (κ1) is 19.8. The molecule has 0 radical (unpaired) electrons. The zero-order valence-electron chi connectivity index (χ0n) is 16.4. The molecule has 0 atom stereocenters. The summed E-state index contributed by atoms with van der Waals surface area (Å²) in [5.41, 5.74) is 2.42. The molecule has 1 aliphatic carbocycles. The first-order valence-electron chi connectivity index (χ1n) is 10.4. The Morgan fingerprint density at radius 3 is 2.41 bits per heavy atom. The molecule has 2 amide bonds. The molecule has 4 nitrogen and oxygen atoms in total. The van der Waals surface area contributed by atoms with E-state index >= 15 is 0 Å². The zero-order valence-corrected chi connectivity index (χ0v) is 17.3. The van der Waals surface area contributed by atoms with Gasteiger partial charge in [-0.05, 0) is 48.7 Å². The normalized spacial score (nSPS) is 19.0. The van der Waals surface area contributed by atoms with Crippen LogP contribution in [0.25, 0.3) is 6.08 Å². The number of rotatable bonds is 3. The van der Waals surface area contributed by atoms with Crippen molar-refractivity contribution in [2.45, 2.75) is 55.9 Å². The van der Waals surface area contributed by atoms with Crippen LogP contribution in [0.1, 0.15) is 60.9 Å². The second-order valence-electron chi connectivity index (χ2n) is 7.70. The van der Waals surface area contributed by atoms with Crippen LogP contribution in [0.4, 0.5) is 5.69 Å². The van der Waals surface area contributed by atoms with E-state index in [2.05, 4.69) is 10.6 Å². The van der Waals surface area contributed by atoms with Gasteiger partial charge in [0.25, 0.3) is 11.8 Å². The summed E-state index contributed by atoms with van der Waals surface area (Å²) in [6.45, 7) is 0. The summed E-state index contributed by atoms with van der Waals surface area (Å²) in [5, 5.41) is 6.12. The van der Waals surface area contributed by atoms with Gasteiger partial charge in [0.15, 0.2) is 0 Å². The number of carbonyl (C=O) groups excluding carboxylic acids is 2. The van der Waals surface area contributed by atoms with Crippen LogP contribution in [-0.2, 0) is 4.79 Å². The quantitative estimate of drug-likeness (QED) is 0.651. The molecule has 1 aliphatic heterocycles. The Bertz CT molecular complexity index is 913. The fourth-order valence-electron chi connectivity index (χ4n) is 3.85. The molecule has 2 N–H and O–H groups in total. The zero-order chi connectivity index (χ0) is 20.1.